The van der Waals surface area contributed by atoms with Crippen LogP contribution in [0.2, 0.25) is 0 Å². The van der Waals surface area contributed by atoms with Crippen molar-refractivity contribution in [2.24, 2.45) is 5.92 Å². The van der Waals surface area contributed by atoms with Gasteiger partial charge >= 0.3 is 5.97 Å². The number of aliphatic carboxylic acids is 1. The van der Waals surface area contributed by atoms with Crippen molar-refractivity contribution in [2.45, 2.75) is 25.8 Å². The molecule has 2 atom stereocenters. The average molecular weight is 577 g/mol. The van der Waals surface area contributed by atoms with Gasteiger partial charge in [-0.25, -0.2) is 13.9 Å². The monoisotopic (exact) mass is 576 g/mol. The van der Waals surface area contributed by atoms with Gasteiger partial charge in [0.2, 0.25) is 0 Å². The zero-order valence-corrected chi connectivity index (χ0v) is 23.5. The predicted octanol–water partition coefficient (Wildman–Crippen LogP) is 5.27. The minimum Gasteiger partial charge on any atom is -0.481 e. The van der Waals surface area contributed by atoms with Crippen LogP contribution in [0.5, 0.6) is 0 Å². The largest absolute Gasteiger partial charge is 0.481 e. The Kier molecular flexibility index (Phi) is 6.61. The summed E-state index contributed by atoms with van der Waals surface area (Å²) in [4.78, 5) is 37.9. The molecule has 0 unspecified atom stereocenters. The summed E-state index contributed by atoms with van der Waals surface area (Å²) in [5, 5.41) is 14.1. The van der Waals surface area contributed by atoms with Crippen molar-refractivity contribution in [3.05, 3.63) is 102 Å². The molecule has 5 aromatic rings. The van der Waals surface area contributed by atoms with Gasteiger partial charge in [0.25, 0.3) is 5.91 Å². The van der Waals surface area contributed by atoms with E-state index in [2.05, 4.69) is 17.1 Å². The van der Waals surface area contributed by atoms with Gasteiger partial charge in [0.15, 0.2) is 5.65 Å². The van der Waals surface area contributed by atoms with Crippen molar-refractivity contribution < 1.29 is 19.1 Å². The van der Waals surface area contributed by atoms with E-state index in [-0.39, 0.29) is 23.2 Å². The summed E-state index contributed by atoms with van der Waals surface area (Å²) in [6.45, 7) is 3.52. The molecule has 1 saturated heterocycles. The van der Waals surface area contributed by atoms with Gasteiger partial charge in [0.05, 0.1) is 23.3 Å². The van der Waals surface area contributed by atoms with E-state index in [0.717, 1.165) is 17.5 Å². The second kappa shape index (κ2) is 10.6. The molecule has 10 heteroatoms. The maximum atomic E-state index is 15.5. The number of carbonyl (C=O) groups is 2. The second-order valence-electron chi connectivity index (χ2n) is 11.1. The maximum Gasteiger partial charge on any atom is 0.308 e. The number of carboxylic acids is 1. The number of carbonyl (C=O) groups excluding carboxylic acids is 1. The van der Waals surface area contributed by atoms with Gasteiger partial charge in [-0.15, -0.1) is 0 Å². The Bertz CT molecular complexity index is 1870. The van der Waals surface area contributed by atoms with Crippen LogP contribution in [0.1, 0.15) is 41.0 Å². The average Bonchev–Trinajstić information content (AvgIpc) is 3.69. The summed E-state index contributed by atoms with van der Waals surface area (Å²) in [5.41, 5.74) is 5.83. The fourth-order valence-corrected chi connectivity index (χ4v) is 6.25. The molecule has 1 fully saturated rings. The molecule has 2 aliphatic heterocycles. The number of benzene rings is 2. The van der Waals surface area contributed by atoms with Gasteiger partial charge < -0.3 is 14.9 Å². The summed E-state index contributed by atoms with van der Waals surface area (Å²) in [6, 6.07) is 20.0. The summed E-state index contributed by atoms with van der Waals surface area (Å²) in [6.07, 6.45) is 4.64. The number of hydrogen-bond donors (Lipinski definition) is 1. The summed E-state index contributed by atoms with van der Waals surface area (Å²) < 4.78 is 17.2. The quantitative estimate of drug-likeness (QED) is 0.304. The minimum absolute atomic E-state index is 0.102. The Hall–Kier alpha value is -5.12. The molecule has 0 aliphatic carbocycles. The van der Waals surface area contributed by atoms with Crippen LogP contribution in [0.15, 0.2) is 79.1 Å². The highest BCUT2D eigenvalue weighted by Gasteiger charge is 2.31. The van der Waals surface area contributed by atoms with Crippen LogP contribution in [0, 0.1) is 11.7 Å². The smallest absolute Gasteiger partial charge is 0.308 e. The molecule has 3 aromatic heterocycles. The third-order valence-electron chi connectivity index (χ3n) is 8.61. The highest BCUT2D eigenvalue weighted by molar-refractivity contribution is 5.94. The van der Waals surface area contributed by atoms with E-state index in [1.807, 2.05) is 41.0 Å². The van der Waals surface area contributed by atoms with Crippen molar-refractivity contribution in [3.8, 4) is 22.5 Å². The first-order chi connectivity index (χ1) is 20.9. The molecule has 9 nitrogen and oxygen atoms in total. The molecule has 0 spiro atoms. The molecule has 5 heterocycles. The molecule has 2 aliphatic rings. The first-order valence-corrected chi connectivity index (χ1v) is 14.3. The molecular formula is C33H29FN6O3. The van der Waals surface area contributed by atoms with E-state index in [4.69, 9.17) is 10.1 Å². The third kappa shape index (κ3) is 4.78. The highest BCUT2D eigenvalue weighted by atomic mass is 19.1. The zero-order chi connectivity index (χ0) is 29.7. The van der Waals surface area contributed by atoms with Gasteiger partial charge in [-0.05, 0) is 67.3 Å². The number of halogens is 1. The molecule has 2 aromatic carbocycles. The lowest BCUT2D eigenvalue weighted by Gasteiger charge is -2.35. The Labute approximate surface area is 247 Å². The van der Waals surface area contributed by atoms with Gasteiger partial charge in [0, 0.05) is 54.9 Å². The number of aromatic nitrogens is 4. The number of rotatable bonds is 5. The summed E-state index contributed by atoms with van der Waals surface area (Å²) in [7, 11) is 0. The Morgan fingerprint density at radius 1 is 1.00 bits per heavy atom. The normalized spacial score (nSPS) is 18.2. The van der Waals surface area contributed by atoms with E-state index in [1.165, 1.54) is 11.6 Å². The van der Waals surface area contributed by atoms with Crippen LogP contribution in [0.25, 0.3) is 28.2 Å². The molecule has 43 heavy (non-hydrogen) atoms. The van der Waals surface area contributed by atoms with E-state index >= 15 is 4.39 Å². The predicted molar refractivity (Wildman–Crippen MR) is 159 cm³/mol. The molecule has 0 saturated carbocycles. The van der Waals surface area contributed by atoms with Crippen LogP contribution < -0.4 is 4.90 Å². The maximum absolute atomic E-state index is 15.5. The number of nitrogens with zero attached hydrogens (tertiary/aromatic N) is 6. The molecule has 0 bridgehead atoms. The first-order valence-electron chi connectivity index (χ1n) is 14.3. The molecular weight excluding hydrogens is 547 g/mol. The topological polar surface area (TPSA) is 104 Å². The van der Waals surface area contributed by atoms with Crippen molar-refractivity contribution in [3.63, 3.8) is 0 Å². The Balaban J connectivity index is 1.26. The lowest BCUT2D eigenvalue weighted by atomic mass is 9.93. The fraction of sp³-hybridized carbons (Fsp3) is 0.242. The lowest BCUT2D eigenvalue weighted by Crippen LogP contribution is -2.39. The minimum atomic E-state index is -0.834. The Morgan fingerprint density at radius 3 is 2.58 bits per heavy atom. The van der Waals surface area contributed by atoms with Crippen LogP contribution >= 0.6 is 0 Å². The summed E-state index contributed by atoms with van der Waals surface area (Å²) in [5.74, 6) is -1.94. The van der Waals surface area contributed by atoms with Crippen molar-refractivity contribution >= 4 is 23.2 Å². The number of amides is 1. The molecule has 1 amide bonds. The van der Waals surface area contributed by atoms with Crippen LogP contribution in [0.3, 0.4) is 0 Å². The van der Waals surface area contributed by atoms with E-state index in [0.29, 0.717) is 48.8 Å². The second-order valence-corrected chi connectivity index (χ2v) is 11.1. The first kappa shape index (κ1) is 26.8. The molecule has 216 valence electrons. The number of pyridine rings is 1. The molecule has 0 radical (unpaired) electrons. The SMILES string of the molecule is C[C@@H]1c2ccccc2CCN1C(=O)c1cc(-c2ccncc2)n2nc(-c3ccc(N4CC[C@H](C(=O)O)C4)cc3F)cc2n1. The molecule has 7 rings (SSSR count). The highest BCUT2D eigenvalue weighted by Crippen LogP contribution is 2.33. The Morgan fingerprint density at radius 2 is 1.81 bits per heavy atom. The van der Waals surface area contributed by atoms with Gasteiger partial charge in [-0.1, -0.05) is 24.3 Å². The fourth-order valence-electron chi connectivity index (χ4n) is 6.25. The van der Waals surface area contributed by atoms with Crippen LogP contribution in [0.4, 0.5) is 10.1 Å². The van der Waals surface area contributed by atoms with Crippen molar-refractivity contribution in [1.29, 1.82) is 0 Å². The lowest BCUT2D eigenvalue weighted by molar-refractivity contribution is -0.140. The summed E-state index contributed by atoms with van der Waals surface area (Å²) >= 11 is 0. The van der Waals surface area contributed by atoms with Crippen LogP contribution in [-0.2, 0) is 11.2 Å². The number of anilines is 1. The van der Waals surface area contributed by atoms with Gasteiger partial charge in [-0.2, -0.15) is 5.10 Å². The van der Waals surface area contributed by atoms with E-state index < -0.39 is 17.7 Å². The third-order valence-corrected chi connectivity index (χ3v) is 8.61. The zero-order valence-electron chi connectivity index (χ0n) is 23.5. The number of carboxylic acid groups (broad SMARTS) is 1. The van der Waals surface area contributed by atoms with Gasteiger partial charge in [0.1, 0.15) is 11.5 Å². The van der Waals surface area contributed by atoms with Crippen molar-refractivity contribution in [1.82, 2.24) is 24.5 Å². The number of hydrogen-bond acceptors (Lipinski definition) is 6. The van der Waals surface area contributed by atoms with Gasteiger partial charge in [-0.3, -0.25) is 14.6 Å². The molecule has 1 N–H and O–H groups in total. The van der Waals surface area contributed by atoms with E-state index in [9.17, 15) is 14.7 Å². The van der Waals surface area contributed by atoms with E-state index in [1.54, 1.807) is 41.2 Å². The van der Waals surface area contributed by atoms with Crippen molar-refractivity contribution in [2.75, 3.05) is 24.5 Å². The standard InChI is InChI=1S/C33H29FN6O3/c1-20-25-5-3-2-4-21(25)11-15-39(20)32(41)29-17-30(22-8-12-35-13-9-22)40-31(36-29)18-28(37-40)26-7-6-24(16-27(26)34)38-14-10-23(19-38)33(42)43/h2-9,12-13,16-18,20,23H,10-11,14-15,19H2,1H3,(H,42,43)/t20-,23+/m1/s1. The number of fused-ring (bicyclic) bond motifs is 2. The van der Waals surface area contributed by atoms with Crippen LogP contribution in [-0.4, -0.2) is 61.1 Å².